The number of esters is 2. The normalized spacial score (nSPS) is 12.6. The van der Waals surface area contributed by atoms with Crippen molar-refractivity contribution in [3.8, 4) is 0 Å². The standard InChI is InChI=1S/C38H37N5O4/c1-7-22-21(4)37-26-8-11-27-36-25(14-15-39-27)33(43-38(26)36)17-29-20(3)24(10-13-35(45)47-6)32(41-29)18-31-23(9-12-34(44)46-5)19(2)28(40-31)16-30(22)42-37/h8,11,14-18,40-41H,7,9-10,12-13H2,1-6H3. The minimum atomic E-state index is -0.266. The van der Waals surface area contributed by atoms with E-state index in [4.69, 9.17) is 19.4 Å². The molecule has 0 radical (unpaired) electrons. The number of aryl methyl sites for hydroxylation is 4. The summed E-state index contributed by atoms with van der Waals surface area (Å²) in [5, 5.41) is 3.02. The van der Waals surface area contributed by atoms with Gasteiger partial charge in [0.05, 0.1) is 42.2 Å². The lowest BCUT2D eigenvalue weighted by Gasteiger charge is -2.02. The quantitative estimate of drug-likeness (QED) is 0.173. The van der Waals surface area contributed by atoms with E-state index in [9.17, 15) is 9.59 Å². The number of nitrogens with one attached hydrogen (secondary N) is 2. The number of hydrogen-bond donors (Lipinski definition) is 2. The molecular weight excluding hydrogens is 590 g/mol. The molecule has 7 rings (SSSR count). The van der Waals surface area contributed by atoms with E-state index in [1.54, 1.807) is 0 Å². The molecule has 238 valence electrons. The zero-order valence-electron chi connectivity index (χ0n) is 27.6. The maximum atomic E-state index is 12.3. The number of hydrogen-bond acceptors (Lipinski definition) is 7. The van der Waals surface area contributed by atoms with Gasteiger partial charge in [-0.2, -0.15) is 0 Å². The number of pyridine rings is 1. The SMILES string of the molecule is CCC1=C(C)c2nc1cc1[nH]c(cc3[nH]c(cc4nc5c2ccc2nccc4c25)c(C)c3CCC(=O)OC)c(CCC(=O)OC)c1C. The molecule has 0 fully saturated rings. The lowest BCUT2D eigenvalue weighted by atomic mass is 10.0. The topological polar surface area (TPSA) is 123 Å². The minimum absolute atomic E-state index is 0.248. The number of carbonyl (C=O) groups excluding carboxylic acids is 2. The Morgan fingerprint density at radius 1 is 0.745 bits per heavy atom. The number of rotatable bonds is 7. The smallest absolute Gasteiger partial charge is 0.305 e. The van der Waals surface area contributed by atoms with Gasteiger partial charge in [0.15, 0.2) is 0 Å². The summed E-state index contributed by atoms with van der Waals surface area (Å²) in [5.74, 6) is -0.528. The molecule has 2 N–H and O–H groups in total. The zero-order valence-corrected chi connectivity index (χ0v) is 27.6. The number of allylic oxidation sites excluding steroid dienone is 2. The molecule has 6 heterocycles. The Labute approximate surface area is 271 Å². The van der Waals surface area contributed by atoms with Gasteiger partial charge in [-0.25, -0.2) is 9.97 Å². The van der Waals surface area contributed by atoms with Crippen molar-refractivity contribution in [3.63, 3.8) is 0 Å². The number of aromatic amines is 2. The number of fused-ring (bicyclic) bond motifs is 9. The first-order valence-electron chi connectivity index (χ1n) is 16.0. The van der Waals surface area contributed by atoms with Crippen LogP contribution in [0.2, 0.25) is 0 Å². The fourth-order valence-corrected chi connectivity index (χ4v) is 7.09. The Bertz CT molecular complexity index is 2400. The van der Waals surface area contributed by atoms with Gasteiger partial charge in [-0.05, 0) is 110 Å². The summed E-state index contributed by atoms with van der Waals surface area (Å²) < 4.78 is 9.97. The fraction of sp³-hybridized carbons (Fsp3) is 0.289. The number of aromatic nitrogens is 5. The average molecular weight is 628 g/mol. The molecule has 8 bridgehead atoms. The third kappa shape index (κ3) is 5.06. The van der Waals surface area contributed by atoms with Gasteiger partial charge in [-0.3, -0.25) is 14.6 Å². The van der Waals surface area contributed by atoms with Crippen LogP contribution in [0.5, 0.6) is 0 Å². The first-order chi connectivity index (χ1) is 22.7. The van der Waals surface area contributed by atoms with Crippen molar-refractivity contribution in [2.24, 2.45) is 0 Å². The summed E-state index contributed by atoms with van der Waals surface area (Å²) in [7, 11) is 2.82. The summed E-state index contributed by atoms with van der Waals surface area (Å²) in [6.45, 7) is 8.44. The molecule has 1 aromatic carbocycles. The van der Waals surface area contributed by atoms with Crippen LogP contribution in [0.4, 0.5) is 0 Å². The van der Waals surface area contributed by atoms with Crippen molar-refractivity contribution < 1.29 is 19.1 Å². The minimum Gasteiger partial charge on any atom is -0.469 e. The highest BCUT2D eigenvalue weighted by atomic mass is 16.5. The molecule has 0 aliphatic carbocycles. The largest absolute Gasteiger partial charge is 0.469 e. The van der Waals surface area contributed by atoms with Gasteiger partial charge in [0.25, 0.3) is 0 Å². The van der Waals surface area contributed by atoms with E-state index in [1.807, 2.05) is 12.3 Å². The molecule has 0 unspecified atom stereocenters. The maximum Gasteiger partial charge on any atom is 0.305 e. The van der Waals surface area contributed by atoms with E-state index in [1.165, 1.54) is 19.8 Å². The zero-order chi connectivity index (χ0) is 33.0. The summed E-state index contributed by atoms with van der Waals surface area (Å²) >= 11 is 0. The molecular formula is C38H37N5O4. The van der Waals surface area contributed by atoms with Crippen molar-refractivity contribution in [2.45, 2.75) is 59.8 Å². The van der Waals surface area contributed by atoms with Gasteiger partial charge in [0.1, 0.15) is 0 Å². The summed E-state index contributed by atoms with van der Waals surface area (Å²) in [5.41, 5.74) is 14.5. The summed E-state index contributed by atoms with van der Waals surface area (Å²) in [4.78, 5) is 47.0. The van der Waals surface area contributed by atoms with Crippen LogP contribution in [-0.4, -0.2) is 51.1 Å². The van der Waals surface area contributed by atoms with Crippen LogP contribution < -0.4 is 0 Å². The second-order valence-electron chi connectivity index (χ2n) is 12.2. The van der Waals surface area contributed by atoms with Crippen LogP contribution in [0.25, 0.3) is 65.9 Å². The predicted molar refractivity (Wildman–Crippen MR) is 187 cm³/mol. The predicted octanol–water partition coefficient (Wildman–Crippen LogP) is 7.90. The summed E-state index contributed by atoms with van der Waals surface area (Å²) in [6.07, 6.45) is 4.17. The highest BCUT2D eigenvalue weighted by molar-refractivity contribution is 6.21. The number of nitrogens with zero attached hydrogens (tertiary/aromatic N) is 3. The van der Waals surface area contributed by atoms with Crippen LogP contribution in [-0.2, 0) is 31.9 Å². The molecule has 0 saturated carbocycles. The Morgan fingerprint density at radius 3 is 2.00 bits per heavy atom. The second kappa shape index (κ2) is 11.8. The molecule has 9 nitrogen and oxygen atoms in total. The average Bonchev–Trinajstić information content (AvgIpc) is 3.77. The van der Waals surface area contributed by atoms with Gasteiger partial charge in [0.2, 0.25) is 0 Å². The molecule has 9 heteroatoms. The van der Waals surface area contributed by atoms with E-state index in [-0.39, 0.29) is 24.8 Å². The molecule has 0 saturated heterocycles. The Kier molecular flexibility index (Phi) is 7.62. The number of benzene rings is 1. The highest BCUT2D eigenvalue weighted by Gasteiger charge is 2.21. The van der Waals surface area contributed by atoms with Crippen LogP contribution in [0.1, 0.15) is 66.8 Å². The summed E-state index contributed by atoms with van der Waals surface area (Å²) in [6, 6.07) is 12.5. The Hall–Kier alpha value is -5.31. The lowest BCUT2D eigenvalue weighted by molar-refractivity contribution is -0.141. The Balaban J connectivity index is 1.65. The second-order valence-corrected chi connectivity index (χ2v) is 12.2. The third-order valence-corrected chi connectivity index (χ3v) is 9.71. The number of carbonyl (C=O) groups is 2. The van der Waals surface area contributed by atoms with Crippen LogP contribution >= 0.6 is 0 Å². The van der Waals surface area contributed by atoms with Gasteiger partial charge in [-0.15, -0.1) is 0 Å². The van der Waals surface area contributed by atoms with Crippen molar-refractivity contribution in [1.82, 2.24) is 24.9 Å². The van der Waals surface area contributed by atoms with Gasteiger partial charge < -0.3 is 19.4 Å². The molecule has 5 aromatic heterocycles. The van der Waals surface area contributed by atoms with Gasteiger partial charge in [0, 0.05) is 57.3 Å². The molecule has 6 aromatic rings. The van der Waals surface area contributed by atoms with Crippen molar-refractivity contribution in [2.75, 3.05) is 14.2 Å². The Morgan fingerprint density at radius 2 is 1.38 bits per heavy atom. The molecule has 0 atom stereocenters. The first-order valence-corrected chi connectivity index (χ1v) is 16.0. The first kappa shape index (κ1) is 30.3. The highest BCUT2D eigenvalue weighted by Crippen LogP contribution is 2.39. The van der Waals surface area contributed by atoms with E-state index in [2.05, 4.69) is 73.0 Å². The third-order valence-electron chi connectivity index (χ3n) is 9.71. The number of H-pyrrole nitrogens is 2. The van der Waals surface area contributed by atoms with E-state index in [0.717, 1.165) is 100 Å². The fourth-order valence-electron chi connectivity index (χ4n) is 7.09. The monoisotopic (exact) mass is 627 g/mol. The van der Waals surface area contributed by atoms with Gasteiger partial charge >= 0.3 is 11.9 Å². The number of ether oxygens (including phenoxy) is 2. The van der Waals surface area contributed by atoms with E-state index >= 15 is 0 Å². The molecule has 47 heavy (non-hydrogen) atoms. The molecule has 1 aliphatic rings. The number of methoxy groups -OCH3 is 2. The van der Waals surface area contributed by atoms with Crippen molar-refractivity contribution >= 4 is 77.9 Å². The lowest BCUT2D eigenvalue weighted by Crippen LogP contribution is -2.02. The molecule has 0 amide bonds. The van der Waals surface area contributed by atoms with Crippen molar-refractivity contribution in [3.05, 3.63) is 76.2 Å². The van der Waals surface area contributed by atoms with Crippen LogP contribution in [0, 0.1) is 13.8 Å². The molecule has 1 aliphatic heterocycles. The van der Waals surface area contributed by atoms with Crippen molar-refractivity contribution in [1.29, 1.82) is 0 Å². The van der Waals surface area contributed by atoms with Crippen LogP contribution in [0.3, 0.4) is 0 Å². The van der Waals surface area contributed by atoms with Crippen LogP contribution in [0.15, 0.2) is 42.6 Å². The molecule has 0 spiro atoms. The van der Waals surface area contributed by atoms with Gasteiger partial charge in [-0.1, -0.05) is 6.92 Å². The maximum absolute atomic E-state index is 12.3. The van der Waals surface area contributed by atoms with E-state index in [0.29, 0.717) is 12.8 Å². The van der Waals surface area contributed by atoms with E-state index < -0.39 is 0 Å².